The molecule has 0 radical (unpaired) electrons. The number of methoxy groups -OCH3 is 1. The molecule has 0 unspecified atom stereocenters. The minimum absolute atomic E-state index is 0.306. The first-order valence-corrected chi connectivity index (χ1v) is 8.85. The number of benzene rings is 1. The van der Waals surface area contributed by atoms with Gasteiger partial charge in [0.25, 0.3) is 0 Å². The van der Waals surface area contributed by atoms with E-state index in [0.29, 0.717) is 34.6 Å². The van der Waals surface area contributed by atoms with Crippen molar-refractivity contribution in [3.63, 3.8) is 0 Å². The number of ether oxygens (including phenoxy) is 2. The number of amides is 2. The maximum absolute atomic E-state index is 12.2. The molecule has 0 aliphatic heterocycles. The van der Waals surface area contributed by atoms with Crippen molar-refractivity contribution in [2.24, 2.45) is 0 Å². The first-order valence-electron chi connectivity index (χ1n) is 8.47. The maximum atomic E-state index is 12.2. The van der Waals surface area contributed by atoms with E-state index in [-0.39, 0.29) is 6.03 Å². The second kappa shape index (κ2) is 9.05. The van der Waals surface area contributed by atoms with Crippen molar-refractivity contribution < 1.29 is 14.3 Å². The number of nitrogens with zero attached hydrogens (tertiary/aromatic N) is 2. The molecular weight excluding hydrogens is 380 g/mol. The molecule has 2 N–H and O–H groups in total. The summed E-state index contributed by atoms with van der Waals surface area (Å²) < 4.78 is 10.9. The SMILES string of the molecule is COc1ccc(Cl)cc1NC(=O)NCc1cnc(Oc2cccnc2)cc1C. The Balaban J connectivity index is 1.60. The summed E-state index contributed by atoms with van der Waals surface area (Å²) in [6, 6.07) is 10.0. The van der Waals surface area contributed by atoms with Gasteiger partial charge in [-0.05, 0) is 48.4 Å². The molecule has 0 aliphatic rings. The Morgan fingerprint density at radius 2 is 2.07 bits per heavy atom. The van der Waals surface area contributed by atoms with E-state index in [2.05, 4.69) is 20.6 Å². The zero-order valence-electron chi connectivity index (χ0n) is 15.4. The second-order valence-electron chi connectivity index (χ2n) is 5.89. The van der Waals surface area contributed by atoms with E-state index >= 15 is 0 Å². The van der Waals surface area contributed by atoms with Gasteiger partial charge in [-0.2, -0.15) is 0 Å². The summed E-state index contributed by atoms with van der Waals surface area (Å²) in [4.78, 5) is 20.5. The number of anilines is 1. The minimum Gasteiger partial charge on any atom is -0.495 e. The van der Waals surface area contributed by atoms with Crippen LogP contribution < -0.4 is 20.1 Å². The van der Waals surface area contributed by atoms with Crippen LogP contribution in [-0.4, -0.2) is 23.1 Å². The molecule has 144 valence electrons. The number of halogens is 1. The van der Waals surface area contributed by atoms with Gasteiger partial charge in [-0.15, -0.1) is 0 Å². The maximum Gasteiger partial charge on any atom is 0.319 e. The van der Waals surface area contributed by atoms with Crippen LogP contribution in [0.15, 0.2) is 55.0 Å². The normalized spacial score (nSPS) is 10.2. The number of rotatable bonds is 6. The molecule has 7 nitrogen and oxygen atoms in total. The molecule has 8 heteroatoms. The molecule has 2 aromatic heterocycles. The standard InChI is InChI=1S/C20H19ClN4O3/c1-13-8-19(28-16-4-3-7-22-12-16)23-10-14(13)11-24-20(26)25-17-9-15(21)5-6-18(17)27-2/h3-10,12H,11H2,1-2H3,(H2,24,25,26). The monoisotopic (exact) mass is 398 g/mol. The fraction of sp³-hybridized carbons (Fsp3) is 0.150. The van der Waals surface area contributed by atoms with Gasteiger partial charge >= 0.3 is 6.03 Å². The molecule has 2 amide bonds. The third-order valence-electron chi connectivity index (χ3n) is 3.90. The average molecular weight is 399 g/mol. The minimum atomic E-state index is -0.379. The molecular formula is C20H19ClN4O3. The smallest absolute Gasteiger partial charge is 0.319 e. The molecule has 0 aliphatic carbocycles. The van der Waals surface area contributed by atoms with Crippen molar-refractivity contribution in [1.82, 2.24) is 15.3 Å². The van der Waals surface area contributed by atoms with Gasteiger partial charge < -0.3 is 20.1 Å². The lowest BCUT2D eigenvalue weighted by Crippen LogP contribution is -2.28. The summed E-state index contributed by atoms with van der Waals surface area (Å²) in [5.41, 5.74) is 2.30. The van der Waals surface area contributed by atoms with Crippen LogP contribution in [0, 0.1) is 6.92 Å². The van der Waals surface area contributed by atoms with E-state index in [1.54, 1.807) is 48.9 Å². The molecule has 0 atom stereocenters. The van der Waals surface area contributed by atoms with E-state index in [9.17, 15) is 4.79 Å². The fourth-order valence-electron chi connectivity index (χ4n) is 2.45. The van der Waals surface area contributed by atoms with Crippen molar-refractivity contribution in [2.75, 3.05) is 12.4 Å². The highest BCUT2D eigenvalue weighted by Gasteiger charge is 2.09. The van der Waals surface area contributed by atoms with E-state index in [4.69, 9.17) is 21.1 Å². The number of nitrogens with one attached hydrogen (secondary N) is 2. The van der Waals surface area contributed by atoms with Gasteiger partial charge in [0.1, 0.15) is 11.5 Å². The van der Waals surface area contributed by atoms with Gasteiger partial charge in [-0.1, -0.05) is 11.6 Å². The first-order chi connectivity index (χ1) is 13.5. The molecule has 1 aromatic carbocycles. The van der Waals surface area contributed by atoms with Crippen LogP contribution in [0.25, 0.3) is 0 Å². The Morgan fingerprint density at radius 3 is 2.79 bits per heavy atom. The molecule has 0 bridgehead atoms. The Labute approximate surface area is 167 Å². The van der Waals surface area contributed by atoms with E-state index in [1.165, 1.54) is 7.11 Å². The van der Waals surface area contributed by atoms with Crippen molar-refractivity contribution in [3.05, 3.63) is 71.1 Å². The van der Waals surface area contributed by atoms with E-state index in [1.807, 2.05) is 13.0 Å². The summed E-state index contributed by atoms with van der Waals surface area (Å²) in [6.07, 6.45) is 4.95. The summed E-state index contributed by atoms with van der Waals surface area (Å²) in [5.74, 6) is 1.59. The molecule has 3 rings (SSSR count). The number of carbonyl (C=O) groups is 1. The number of aryl methyl sites for hydroxylation is 1. The number of hydrogen-bond acceptors (Lipinski definition) is 5. The van der Waals surface area contributed by atoms with E-state index < -0.39 is 0 Å². The first kappa shape index (κ1) is 19.4. The zero-order valence-corrected chi connectivity index (χ0v) is 16.2. The molecule has 0 fully saturated rings. The van der Waals surface area contributed by atoms with Crippen LogP contribution in [0.1, 0.15) is 11.1 Å². The van der Waals surface area contributed by atoms with Gasteiger partial charge in [0.05, 0.1) is 19.0 Å². The fourth-order valence-corrected chi connectivity index (χ4v) is 2.62. The van der Waals surface area contributed by atoms with Gasteiger partial charge in [0.15, 0.2) is 0 Å². The van der Waals surface area contributed by atoms with Gasteiger partial charge in [0.2, 0.25) is 5.88 Å². The Morgan fingerprint density at radius 1 is 1.21 bits per heavy atom. The highest BCUT2D eigenvalue weighted by molar-refractivity contribution is 6.31. The molecule has 2 heterocycles. The molecule has 0 saturated carbocycles. The predicted molar refractivity (Wildman–Crippen MR) is 107 cm³/mol. The topological polar surface area (TPSA) is 85.4 Å². The molecule has 28 heavy (non-hydrogen) atoms. The highest BCUT2D eigenvalue weighted by atomic mass is 35.5. The van der Waals surface area contributed by atoms with Gasteiger partial charge in [-0.3, -0.25) is 4.98 Å². The van der Waals surface area contributed by atoms with Crippen LogP contribution in [-0.2, 0) is 6.54 Å². The van der Waals surface area contributed by atoms with Crippen LogP contribution in [0.5, 0.6) is 17.4 Å². The van der Waals surface area contributed by atoms with Gasteiger partial charge in [0, 0.05) is 30.0 Å². The highest BCUT2D eigenvalue weighted by Crippen LogP contribution is 2.27. The number of carbonyl (C=O) groups excluding carboxylic acids is 1. The second-order valence-corrected chi connectivity index (χ2v) is 6.33. The van der Waals surface area contributed by atoms with Crippen molar-refractivity contribution >= 4 is 23.3 Å². The quantitative estimate of drug-likeness (QED) is 0.635. The Bertz CT molecular complexity index is 967. The van der Waals surface area contributed by atoms with Gasteiger partial charge in [-0.25, -0.2) is 9.78 Å². The van der Waals surface area contributed by atoms with Crippen molar-refractivity contribution in [3.8, 4) is 17.4 Å². The number of pyridine rings is 2. The Hall–Kier alpha value is -3.32. The largest absolute Gasteiger partial charge is 0.495 e. The summed E-state index contributed by atoms with van der Waals surface area (Å²) in [7, 11) is 1.52. The zero-order chi connectivity index (χ0) is 19.9. The molecule has 3 aromatic rings. The van der Waals surface area contributed by atoms with Crippen molar-refractivity contribution in [2.45, 2.75) is 13.5 Å². The summed E-state index contributed by atoms with van der Waals surface area (Å²) in [5, 5.41) is 6.01. The number of urea groups is 1. The van der Waals surface area contributed by atoms with Crippen LogP contribution in [0.3, 0.4) is 0 Å². The predicted octanol–water partition coefficient (Wildman–Crippen LogP) is 4.56. The average Bonchev–Trinajstić information content (AvgIpc) is 2.68. The summed E-state index contributed by atoms with van der Waals surface area (Å²) in [6.45, 7) is 2.23. The van der Waals surface area contributed by atoms with E-state index in [0.717, 1.165) is 11.1 Å². The lowest BCUT2D eigenvalue weighted by molar-refractivity contribution is 0.251. The van der Waals surface area contributed by atoms with Crippen LogP contribution in [0.2, 0.25) is 5.02 Å². The lowest BCUT2D eigenvalue weighted by atomic mass is 10.1. The summed E-state index contributed by atoms with van der Waals surface area (Å²) >= 11 is 5.97. The van der Waals surface area contributed by atoms with Crippen LogP contribution in [0.4, 0.5) is 10.5 Å². The lowest BCUT2D eigenvalue weighted by Gasteiger charge is -2.13. The van der Waals surface area contributed by atoms with Crippen LogP contribution >= 0.6 is 11.6 Å². The Kier molecular flexibility index (Phi) is 6.29. The molecule has 0 saturated heterocycles. The number of hydrogen-bond donors (Lipinski definition) is 2. The third kappa shape index (κ3) is 5.11. The third-order valence-corrected chi connectivity index (χ3v) is 4.14. The number of aromatic nitrogens is 2. The molecule has 0 spiro atoms. The van der Waals surface area contributed by atoms with Crippen molar-refractivity contribution in [1.29, 1.82) is 0 Å².